The number of carbonyl (C=O) groups is 2. The lowest BCUT2D eigenvalue weighted by atomic mass is 10.2. The summed E-state index contributed by atoms with van der Waals surface area (Å²) in [5, 5.41) is 11.3. The predicted octanol–water partition coefficient (Wildman–Crippen LogP) is -0.200. The third-order valence-electron chi connectivity index (χ3n) is 2.28. The van der Waals surface area contributed by atoms with Crippen molar-refractivity contribution >= 4 is 23.6 Å². The van der Waals surface area contributed by atoms with Gasteiger partial charge in [-0.15, -0.1) is 11.8 Å². The van der Waals surface area contributed by atoms with Crippen LogP contribution in [-0.2, 0) is 9.59 Å². The van der Waals surface area contributed by atoms with Crippen molar-refractivity contribution in [2.75, 3.05) is 12.3 Å². The maximum absolute atomic E-state index is 11.5. The molecule has 15 heavy (non-hydrogen) atoms. The molecule has 4 N–H and O–H groups in total. The van der Waals surface area contributed by atoms with Gasteiger partial charge in [-0.3, -0.25) is 9.59 Å². The van der Waals surface area contributed by atoms with E-state index in [1.807, 2.05) is 0 Å². The minimum Gasteiger partial charge on any atom is -0.480 e. The number of thioether (sulfide) groups is 1. The van der Waals surface area contributed by atoms with Gasteiger partial charge in [-0.25, -0.2) is 0 Å². The second-order valence-corrected chi connectivity index (χ2v) is 4.79. The van der Waals surface area contributed by atoms with Gasteiger partial charge in [-0.05, 0) is 12.8 Å². The Kier molecular flexibility index (Phi) is 4.90. The Morgan fingerprint density at radius 3 is 3.07 bits per heavy atom. The normalized spacial score (nSPS) is 24.1. The molecule has 2 atom stereocenters. The molecule has 0 spiro atoms. The maximum atomic E-state index is 11.5. The number of carbonyl (C=O) groups excluding carboxylic acids is 1. The summed E-state index contributed by atoms with van der Waals surface area (Å²) in [5.74, 6) is -0.723. The zero-order chi connectivity index (χ0) is 11.3. The summed E-state index contributed by atoms with van der Waals surface area (Å²) in [4.78, 5) is 22.0. The number of aliphatic carboxylic acids is 1. The van der Waals surface area contributed by atoms with E-state index in [2.05, 4.69) is 5.32 Å². The van der Waals surface area contributed by atoms with Gasteiger partial charge in [0.2, 0.25) is 5.91 Å². The standard InChI is InChI=1S/C9H16N2O3S/c10-6(9(13)14)5-15-7-3-1-2-4-11-8(7)12/h6-7H,1-5,10H2,(H,11,12)(H,13,14). The first kappa shape index (κ1) is 12.3. The lowest BCUT2D eigenvalue weighted by Gasteiger charge is -2.13. The Hall–Kier alpha value is -0.750. The number of rotatable bonds is 4. The highest BCUT2D eigenvalue weighted by Gasteiger charge is 2.23. The van der Waals surface area contributed by atoms with Crippen LogP contribution in [0.1, 0.15) is 19.3 Å². The molecule has 0 radical (unpaired) electrons. The fourth-order valence-corrected chi connectivity index (χ4v) is 2.51. The molecule has 1 heterocycles. The molecule has 0 aromatic rings. The van der Waals surface area contributed by atoms with Gasteiger partial charge >= 0.3 is 5.97 Å². The molecule has 86 valence electrons. The smallest absolute Gasteiger partial charge is 0.321 e. The molecule has 1 fully saturated rings. The van der Waals surface area contributed by atoms with Crippen LogP contribution in [0, 0.1) is 0 Å². The van der Waals surface area contributed by atoms with Crippen LogP contribution in [0.2, 0.25) is 0 Å². The van der Waals surface area contributed by atoms with Crippen LogP contribution < -0.4 is 11.1 Å². The molecule has 2 unspecified atom stereocenters. The van der Waals surface area contributed by atoms with Crippen LogP contribution in [-0.4, -0.2) is 40.6 Å². The second kappa shape index (κ2) is 5.97. The highest BCUT2D eigenvalue weighted by Crippen LogP contribution is 2.20. The molecular weight excluding hydrogens is 216 g/mol. The van der Waals surface area contributed by atoms with Gasteiger partial charge in [-0.2, -0.15) is 0 Å². The molecule has 1 rings (SSSR count). The van der Waals surface area contributed by atoms with Crippen molar-refractivity contribution in [3.05, 3.63) is 0 Å². The summed E-state index contributed by atoms with van der Waals surface area (Å²) < 4.78 is 0. The highest BCUT2D eigenvalue weighted by atomic mass is 32.2. The van der Waals surface area contributed by atoms with Crippen molar-refractivity contribution < 1.29 is 14.7 Å². The molecule has 0 saturated carbocycles. The van der Waals surface area contributed by atoms with Crippen molar-refractivity contribution in [3.63, 3.8) is 0 Å². The van der Waals surface area contributed by atoms with Crippen molar-refractivity contribution in [1.29, 1.82) is 0 Å². The van der Waals surface area contributed by atoms with E-state index in [1.165, 1.54) is 11.8 Å². The number of nitrogens with one attached hydrogen (secondary N) is 1. The topological polar surface area (TPSA) is 92.4 Å². The Morgan fingerprint density at radius 1 is 1.67 bits per heavy atom. The fraction of sp³-hybridized carbons (Fsp3) is 0.778. The molecule has 0 aromatic heterocycles. The number of hydrogen-bond acceptors (Lipinski definition) is 4. The van der Waals surface area contributed by atoms with Crippen LogP contribution >= 0.6 is 11.8 Å². The average Bonchev–Trinajstić information content (AvgIpc) is 2.39. The first-order valence-corrected chi connectivity index (χ1v) is 6.04. The van der Waals surface area contributed by atoms with E-state index >= 15 is 0 Å². The Balaban J connectivity index is 2.35. The maximum Gasteiger partial charge on any atom is 0.321 e. The number of carboxylic acid groups (broad SMARTS) is 1. The summed E-state index contributed by atoms with van der Waals surface area (Å²) in [5.41, 5.74) is 5.37. The van der Waals surface area contributed by atoms with E-state index in [1.54, 1.807) is 0 Å². The largest absolute Gasteiger partial charge is 0.480 e. The predicted molar refractivity (Wildman–Crippen MR) is 58.7 cm³/mol. The van der Waals surface area contributed by atoms with E-state index in [0.29, 0.717) is 0 Å². The first-order valence-electron chi connectivity index (χ1n) is 4.99. The number of hydrogen-bond donors (Lipinski definition) is 3. The third kappa shape index (κ3) is 4.09. The molecule has 1 saturated heterocycles. The fourth-order valence-electron chi connectivity index (χ4n) is 1.36. The molecule has 6 heteroatoms. The van der Waals surface area contributed by atoms with Crippen molar-refractivity contribution in [3.8, 4) is 0 Å². The Morgan fingerprint density at radius 2 is 2.40 bits per heavy atom. The Bertz CT molecular complexity index is 248. The number of carboxylic acids is 1. The summed E-state index contributed by atoms with van der Waals surface area (Å²) in [6.45, 7) is 0.723. The molecule has 0 bridgehead atoms. The minimum absolute atomic E-state index is 0.00934. The summed E-state index contributed by atoms with van der Waals surface area (Å²) in [6.07, 6.45) is 2.80. The monoisotopic (exact) mass is 232 g/mol. The van der Waals surface area contributed by atoms with Crippen LogP contribution in [0.3, 0.4) is 0 Å². The summed E-state index contributed by atoms with van der Waals surface area (Å²) >= 11 is 1.34. The minimum atomic E-state index is -1.02. The molecule has 1 aliphatic rings. The average molecular weight is 232 g/mol. The van der Waals surface area contributed by atoms with Gasteiger partial charge in [0, 0.05) is 12.3 Å². The molecular formula is C9H16N2O3S. The van der Waals surface area contributed by atoms with Gasteiger partial charge in [-0.1, -0.05) is 6.42 Å². The molecule has 0 aromatic carbocycles. The summed E-state index contributed by atoms with van der Waals surface area (Å²) in [7, 11) is 0. The van der Waals surface area contributed by atoms with Gasteiger partial charge in [0.25, 0.3) is 0 Å². The van der Waals surface area contributed by atoms with Crippen LogP contribution in [0.5, 0.6) is 0 Å². The van der Waals surface area contributed by atoms with E-state index in [0.717, 1.165) is 25.8 Å². The van der Waals surface area contributed by atoms with Crippen LogP contribution in [0.15, 0.2) is 0 Å². The molecule has 5 nitrogen and oxygen atoms in total. The Labute approximate surface area is 92.8 Å². The molecule has 1 amide bonds. The van der Waals surface area contributed by atoms with E-state index in [-0.39, 0.29) is 16.9 Å². The van der Waals surface area contributed by atoms with Crippen molar-refractivity contribution in [1.82, 2.24) is 5.32 Å². The molecule has 0 aliphatic carbocycles. The zero-order valence-electron chi connectivity index (χ0n) is 8.44. The van der Waals surface area contributed by atoms with E-state index < -0.39 is 12.0 Å². The van der Waals surface area contributed by atoms with Crippen LogP contribution in [0.25, 0.3) is 0 Å². The summed E-state index contributed by atoms with van der Waals surface area (Å²) in [6, 6.07) is -0.883. The van der Waals surface area contributed by atoms with Crippen molar-refractivity contribution in [2.45, 2.75) is 30.6 Å². The van der Waals surface area contributed by atoms with E-state index in [9.17, 15) is 9.59 Å². The van der Waals surface area contributed by atoms with Crippen molar-refractivity contribution in [2.24, 2.45) is 5.73 Å². The number of nitrogens with two attached hydrogens (primary N) is 1. The lowest BCUT2D eigenvalue weighted by molar-refractivity contribution is -0.138. The van der Waals surface area contributed by atoms with Gasteiger partial charge in [0.15, 0.2) is 0 Å². The lowest BCUT2D eigenvalue weighted by Crippen LogP contribution is -2.36. The SMILES string of the molecule is NC(CSC1CCCCNC1=O)C(=O)O. The van der Waals surface area contributed by atoms with Gasteiger partial charge in [0.1, 0.15) is 6.04 Å². The number of amides is 1. The van der Waals surface area contributed by atoms with E-state index in [4.69, 9.17) is 10.8 Å². The third-order valence-corrected chi connectivity index (χ3v) is 3.68. The zero-order valence-corrected chi connectivity index (χ0v) is 9.26. The highest BCUT2D eigenvalue weighted by molar-refractivity contribution is 8.00. The van der Waals surface area contributed by atoms with Crippen LogP contribution in [0.4, 0.5) is 0 Å². The second-order valence-electron chi connectivity index (χ2n) is 3.55. The molecule has 1 aliphatic heterocycles. The van der Waals surface area contributed by atoms with Gasteiger partial charge in [0.05, 0.1) is 5.25 Å². The first-order chi connectivity index (χ1) is 7.11. The van der Waals surface area contributed by atoms with Gasteiger partial charge < -0.3 is 16.2 Å². The quantitative estimate of drug-likeness (QED) is 0.624.